The lowest BCUT2D eigenvalue weighted by Gasteiger charge is -2.16. The average Bonchev–Trinajstić information content (AvgIpc) is 2.75. The molecule has 0 bridgehead atoms. The molecular formula is C27H66F2N2O3. The molecule has 0 radical (unpaired) electrons. The Morgan fingerprint density at radius 2 is 0.882 bits per heavy atom. The maximum Gasteiger partial charge on any atom is 0.0433 e. The summed E-state index contributed by atoms with van der Waals surface area (Å²) in [4.78, 5) is 0. The van der Waals surface area contributed by atoms with Crippen molar-refractivity contribution >= 4 is 0 Å². The zero-order valence-corrected chi connectivity index (χ0v) is 23.5. The van der Waals surface area contributed by atoms with Crippen LogP contribution in [0.15, 0.2) is 0 Å². The monoisotopic (exact) mass is 505 g/mol. The van der Waals surface area contributed by atoms with E-state index < -0.39 is 0 Å². The Morgan fingerprint density at radius 3 is 1.24 bits per heavy atom. The molecule has 1 unspecified atom stereocenters. The molecule has 0 aliphatic rings. The predicted octanol–water partition coefficient (Wildman–Crippen LogP) is 7.32. The number of halogens is 2. The molecule has 1 atom stereocenters. The van der Waals surface area contributed by atoms with E-state index in [1.54, 1.807) is 13.8 Å². The summed E-state index contributed by atoms with van der Waals surface area (Å²) in [5, 5.41) is 27.9. The second-order valence-corrected chi connectivity index (χ2v) is 8.58. The van der Waals surface area contributed by atoms with Crippen LogP contribution in [-0.4, -0.2) is 48.2 Å². The van der Waals surface area contributed by atoms with Gasteiger partial charge >= 0.3 is 0 Å². The zero-order valence-electron chi connectivity index (χ0n) is 23.5. The molecule has 0 aliphatic carbocycles. The van der Waals surface area contributed by atoms with Crippen molar-refractivity contribution in [3.63, 3.8) is 0 Å². The van der Waals surface area contributed by atoms with Crippen LogP contribution in [0.1, 0.15) is 137 Å². The van der Waals surface area contributed by atoms with Crippen molar-refractivity contribution in [1.82, 2.24) is 11.5 Å². The fourth-order valence-corrected chi connectivity index (χ4v) is 3.67. The maximum atomic E-state index is 9.22. The SMILES string of the molecule is CCCCCCCCCCCCCCCC(CCO)CCNCCC.CCO.CCO.F.F.N. The van der Waals surface area contributed by atoms with E-state index in [2.05, 4.69) is 19.2 Å². The first-order valence-corrected chi connectivity index (χ1v) is 13.7. The van der Waals surface area contributed by atoms with E-state index in [0.717, 1.165) is 25.4 Å². The summed E-state index contributed by atoms with van der Waals surface area (Å²) in [7, 11) is 0. The first kappa shape index (κ1) is 46.9. The number of hydrogen-bond acceptors (Lipinski definition) is 5. The van der Waals surface area contributed by atoms with Crippen molar-refractivity contribution in [3.05, 3.63) is 0 Å². The number of hydrogen-bond donors (Lipinski definition) is 5. The molecule has 0 fully saturated rings. The third kappa shape index (κ3) is 53.2. The van der Waals surface area contributed by atoms with Gasteiger partial charge in [0.05, 0.1) is 0 Å². The smallest absolute Gasteiger partial charge is 0.0433 e. The van der Waals surface area contributed by atoms with Gasteiger partial charge in [0.15, 0.2) is 0 Å². The van der Waals surface area contributed by atoms with Gasteiger partial charge in [-0.05, 0) is 52.1 Å². The summed E-state index contributed by atoms with van der Waals surface area (Å²) in [6, 6.07) is 0. The normalized spacial score (nSPS) is 10.3. The molecular weight excluding hydrogens is 438 g/mol. The zero-order chi connectivity index (χ0) is 23.8. The molecule has 7 N–H and O–H groups in total. The first-order valence-electron chi connectivity index (χ1n) is 13.7. The van der Waals surface area contributed by atoms with Gasteiger partial charge in [0, 0.05) is 19.8 Å². The number of aliphatic hydroxyl groups is 3. The fraction of sp³-hybridized carbons (Fsp3) is 1.00. The van der Waals surface area contributed by atoms with Crippen LogP contribution in [0.25, 0.3) is 0 Å². The van der Waals surface area contributed by atoms with Crippen LogP contribution < -0.4 is 11.5 Å². The standard InChI is InChI=1S/C23H49NO.2C2H6O.2FH.H3N/c1-3-5-6-7-8-9-10-11-12-13-14-15-16-17-23(19-22-25)18-21-24-20-4-2;2*1-2-3;;;/h23-25H,3-22H2,1-2H3;2*3H,2H2,1H3;2*1H;1H3. The Morgan fingerprint density at radius 1 is 0.500 bits per heavy atom. The van der Waals surface area contributed by atoms with Crippen LogP contribution in [0, 0.1) is 5.92 Å². The molecule has 0 rings (SSSR count). The first-order chi connectivity index (χ1) is 15.2. The number of unbranched alkanes of at least 4 members (excludes halogenated alkanes) is 12. The largest absolute Gasteiger partial charge is 0.397 e. The summed E-state index contributed by atoms with van der Waals surface area (Å²) < 4.78 is 0. The van der Waals surface area contributed by atoms with Gasteiger partial charge in [-0.1, -0.05) is 104 Å². The van der Waals surface area contributed by atoms with Crippen LogP contribution in [0.4, 0.5) is 9.41 Å². The van der Waals surface area contributed by atoms with Gasteiger partial charge in [-0.2, -0.15) is 0 Å². The van der Waals surface area contributed by atoms with Gasteiger partial charge in [0.25, 0.3) is 0 Å². The lowest BCUT2D eigenvalue weighted by atomic mass is 9.94. The number of aliphatic hydroxyl groups excluding tert-OH is 3. The van der Waals surface area contributed by atoms with E-state index in [1.165, 1.54) is 103 Å². The van der Waals surface area contributed by atoms with E-state index >= 15 is 0 Å². The third-order valence-corrected chi connectivity index (χ3v) is 5.41. The highest BCUT2D eigenvalue weighted by Crippen LogP contribution is 2.18. The quantitative estimate of drug-likeness (QED) is 0.105. The van der Waals surface area contributed by atoms with Gasteiger partial charge in [-0.3, -0.25) is 9.41 Å². The summed E-state index contributed by atoms with van der Waals surface area (Å²) in [6.45, 7) is 11.0. The van der Waals surface area contributed by atoms with Crippen molar-refractivity contribution in [2.75, 3.05) is 32.9 Å². The predicted molar refractivity (Wildman–Crippen MR) is 149 cm³/mol. The van der Waals surface area contributed by atoms with Crippen LogP contribution in [0.2, 0.25) is 0 Å². The molecule has 34 heavy (non-hydrogen) atoms. The van der Waals surface area contributed by atoms with Crippen molar-refractivity contribution in [3.8, 4) is 0 Å². The number of nitrogens with one attached hydrogen (secondary N) is 1. The highest BCUT2D eigenvalue weighted by molar-refractivity contribution is 4.62. The Balaban J connectivity index is -0.000000196. The van der Waals surface area contributed by atoms with Gasteiger partial charge in [-0.15, -0.1) is 0 Å². The highest BCUT2D eigenvalue weighted by atomic mass is 19.0. The maximum absolute atomic E-state index is 9.22. The molecule has 0 amide bonds. The lowest BCUT2D eigenvalue weighted by Crippen LogP contribution is -2.19. The molecule has 0 saturated carbocycles. The minimum absolute atomic E-state index is 0. The summed E-state index contributed by atoms with van der Waals surface area (Å²) in [5.41, 5.74) is 0. The highest BCUT2D eigenvalue weighted by Gasteiger charge is 2.07. The van der Waals surface area contributed by atoms with Gasteiger partial charge in [0.2, 0.25) is 0 Å². The summed E-state index contributed by atoms with van der Waals surface area (Å²) in [6.07, 6.45) is 23.3. The minimum atomic E-state index is 0. The molecule has 0 aliphatic heterocycles. The summed E-state index contributed by atoms with van der Waals surface area (Å²) >= 11 is 0. The lowest BCUT2D eigenvalue weighted by molar-refractivity contribution is 0.243. The molecule has 0 aromatic heterocycles. The summed E-state index contributed by atoms with van der Waals surface area (Å²) in [5.74, 6) is 0.724. The average molecular weight is 505 g/mol. The van der Waals surface area contributed by atoms with Crippen LogP contribution in [-0.2, 0) is 0 Å². The third-order valence-electron chi connectivity index (χ3n) is 5.41. The van der Waals surface area contributed by atoms with Gasteiger partial charge < -0.3 is 26.8 Å². The Kier molecular flexibility index (Phi) is 68.6. The number of rotatable bonds is 21. The molecule has 7 heteroatoms. The topological polar surface area (TPSA) is 108 Å². The van der Waals surface area contributed by atoms with E-state index in [-0.39, 0.29) is 28.8 Å². The molecule has 0 aromatic carbocycles. The van der Waals surface area contributed by atoms with Crippen molar-refractivity contribution in [2.45, 2.75) is 137 Å². The second kappa shape index (κ2) is 49.7. The second-order valence-electron chi connectivity index (χ2n) is 8.58. The van der Waals surface area contributed by atoms with Crippen LogP contribution in [0.3, 0.4) is 0 Å². The van der Waals surface area contributed by atoms with Crippen LogP contribution >= 0.6 is 0 Å². The Labute approximate surface area is 212 Å². The molecule has 0 aromatic rings. The van der Waals surface area contributed by atoms with Gasteiger partial charge in [-0.25, -0.2) is 0 Å². The molecule has 0 heterocycles. The minimum Gasteiger partial charge on any atom is -0.397 e. The molecule has 0 spiro atoms. The molecule has 0 saturated heterocycles. The Bertz CT molecular complexity index is 278. The van der Waals surface area contributed by atoms with E-state index in [4.69, 9.17) is 10.2 Å². The van der Waals surface area contributed by atoms with Crippen molar-refractivity contribution < 1.29 is 24.7 Å². The van der Waals surface area contributed by atoms with Crippen LogP contribution in [0.5, 0.6) is 0 Å². The van der Waals surface area contributed by atoms with E-state index in [1.807, 2.05) is 0 Å². The fourth-order valence-electron chi connectivity index (χ4n) is 3.67. The van der Waals surface area contributed by atoms with Crippen molar-refractivity contribution in [2.24, 2.45) is 5.92 Å². The van der Waals surface area contributed by atoms with E-state index in [9.17, 15) is 5.11 Å². The molecule has 5 nitrogen and oxygen atoms in total. The molecule has 216 valence electrons. The Hall–Kier alpha value is -0.340. The van der Waals surface area contributed by atoms with Crippen molar-refractivity contribution in [1.29, 1.82) is 0 Å². The van der Waals surface area contributed by atoms with Gasteiger partial charge in [0.1, 0.15) is 0 Å². The van der Waals surface area contributed by atoms with E-state index in [0.29, 0.717) is 6.61 Å².